The lowest BCUT2D eigenvalue weighted by atomic mass is 9.94. The molecule has 0 spiro atoms. The van der Waals surface area contributed by atoms with Gasteiger partial charge in [-0.1, -0.05) is 23.7 Å². The SMILES string of the molecule is CCNC(=NCc1ccc(Cl)cc1)NC1CCc2cn(C(C)C)nc2C1.I. The van der Waals surface area contributed by atoms with Crippen LogP contribution in [0.25, 0.3) is 0 Å². The summed E-state index contributed by atoms with van der Waals surface area (Å²) in [5, 5.41) is 12.4. The molecule has 7 heteroatoms. The number of rotatable bonds is 5. The van der Waals surface area contributed by atoms with Gasteiger partial charge < -0.3 is 10.6 Å². The number of halogens is 2. The number of hydrogen-bond acceptors (Lipinski definition) is 2. The van der Waals surface area contributed by atoms with Gasteiger partial charge in [0.15, 0.2) is 5.96 Å². The predicted octanol–water partition coefficient (Wildman–Crippen LogP) is 4.35. The summed E-state index contributed by atoms with van der Waals surface area (Å²) in [7, 11) is 0. The van der Waals surface area contributed by atoms with Gasteiger partial charge in [-0.25, -0.2) is 4.99 Å². The first-order chi connectivity index (χ1) is 12.5. The van der Waals surface area contributed by atoms with Crippen LogP contribution in [0.15, 0.2) is 35.5 Å². The Morgan fingerprint density at radius 2 is 2.07 bits per heavy atom. The van der Waals surface area contributed by atoms with E-state index in [2.05, 4.69) is 42.3 Å². The summed E-state index contributed by atoms with van der Waals surface area (Å²) in [6.07, 6.45) is 5.31. The maximum Gasteiger partial charge on any atom is 0.191 e. The third-order valence-electron chi connectivity index (χ3n) is 4.64. The number of aryl methyl sites for hydroxylation is 1. The molecule has 0 fully saturated rings. The summed E-state index contributed by atoms with van der Waals surface area (Å²) in [5.74, 6) is 0.860. The van der Waals surface area contributed by atoms with Crippen molar-refractivity contribution in [1.82, 2.24) is 20.4 Å². The molecule has 2 aromatic rings. The van der Waals surface area contributed by atoms with Crippen molar-refractivity contribution in [1.29, 1.82) is 0 Å². The highest BCUT2D eigenvalue weighted by Crippen LogP contribution is 2.21. The summed E-state index contributed by atoms with van der Waals surface area (Å²) in [5.41, 5.74) is 3.75. The Bertz CT molecular complexity index is 754. The van der Waals surface area contributed by atoms with Gasteiger partial charge in [0.25, 0.3) is 0 Å². The van der Waals surface area contributed by atoms with E-state index in [1.807, 2.05) is 24.3 Å². The molecule has 3 rings (SSSR count). The first-order valence-corrected chi connectivity index (χ1v) is 9.79. The van der Waals surface area contributed by atoms with Gasteiger partial charge in [-0.2, -0.15) is 5.10 Å². The number of nitrogens with one attached hydrogen (secondary N) is 2. The highest BCUT2D eigenvalue weighted by Gasteiger charge is 2.22. The highest BCUT2D eigenvalue weighted by atomic mass is 127. The predicted molar refractivity (Wildman–Crippen MR) is 123 cm³/mol. The molecule has 5 nitrogen and oxygen atoms in total. The lowest BCUT2D eigenvalue weighted by molar-refractivity contribution is 0.499. The van der Waals surface area contributed by atoms with E-state index >= 15 is 0 Å². The second-order valence-corrected chi connectivity index (χ2v) is 7.52. The quantitative estimate of drug-likeness (QED) is 0.364. The maximum absolute atomic E-state index is 5.95. The summed E-state index contributed by atoms with van der Waals surface area (Å²) in [6.45, 7) is 7.89. The molecule has 1 unspecified atom stereocenters. The average Bonchev–Trinajstić information content (AvgIpc) is 3.05. The number of nitrogens with zero attached hydrogens (tertiary/aromatic N) is 3. The molecule has 0 amide bonds. The molecule has 1 heterocycles. The molecule has 27 heavy (non-hydrogen) atoms. The van der Waals surface area contributed by atoms with E-state index < -0.39 is 0 Å². The van der Waals surface area contributed by atoms with Crippen LogP contribution in [-0.2, 0) is 19.4 Å². The van der Waals surface area contributed by atoms with Gasteiger partial charge in [-0.15, -0.1) is 24.0 Å². The Kier molecular flexibility index (Phi) is 8.41. The number of aromatic nitrogens is 2. The highest BCUT2D eigenvalue weighted by molar-refractivity contribution is 14.0. The molecule has 1 aromatic carbocycles. The fraction of sp³-hybridized carbons (Fsp3) is 0.500. The number of guanidine groups is 1. The molecule has 148 valence electrons. The zero-order chi connectivity index (χ0) is 18.5. The Labute approximate surface area is 184 Å². The smallest absolute Gasteiger partial charge is 0.191 e. The van der Waals surface area contributed by atoms with Gasteiger partial charge in [0, 0.05) is 36.3 Å². The lowest BCUT2D eigenvalue weighted by Gasteiger charge is -2.24. The molecule has 1 aliphatic carbocycles. The van der Waals surface area contributed by atoms with Crippen molar-refractivity contribution >= 4 is 41.5 Å². The Hall–Kier alpha value is -1.28. The molecule has 0 saturated heterocycles. The van der Waals surface area contributed by atoms with E-state index in [-0.39, 0.29) is 24.0 Å². The number of hydrogen-bond donors (Lipinski definition) is 2. The van der Waals surface area contributed by atoms with Crippen molar-refractivity contribution in [3.8, 4) is 0 Å². The van der Waals surface area contributed by atoms with Gasteiger partial charge in [-0.05, 0) is 56.9 Å². The minimum Gasteiger partial charge on any atom is -0.357 e. The molecule has 0 bridgehead atoms. The van der Waals surface area contributed by atoms with Crippen molar-refractivity contribution in [2.75, 3.05) is 6.54 Å². The van der Waals surface area contributed by atoms with E-state index in [0.717, 1.165) is 42.4 Å². The minimum absolute atomic E-state index is 0. The van der Waals surface area contributed by atoms with Gasteiger partial charge in [-0.3, -0.25) is 4.68 Å². The molecule has 1 atom stereocenters. The largest absolute Gasteiger partial charge is 0.357 e. The zero-order valence-electron chi connectivity index (χ0n) is 16.2. The van der Waals surface area contributed by atoms with Crippen LogP contribution in [0, 0.1) is 0 Å². The lowest BCUT2D eigenvalue weighted by Crippen LogP contribution is -2.45. The Morgan fingerprint density at radius 3 is 2.74 bits per heavy atom. The third kappa shape index (κ3) is 6.10. The maximum atomic E-state index is 5.95. The van der Waals surface area contributed by atoms with Crippen LogP contribution < -0.4 is 10.6 Å². The molecule has 0 saturated carbocycles. The summed E-state index contributed by atoms with van der Waals surface area (Å²) < 4.78 is 2.08. The van der Waals surface area contributed by atoms with E-state index in [9.17, 15) is 0 Å². The normalized spacial score (nSPS) is 16.6. The monoisotopic (exact) mass is 501 g/mol. The molecule has 0 radical (unpaired) electrons. The van der Waals surface area contributed by atoms with Crippen LogP contribution >= 0.6 is 35.6 Å². The molecular formula is C20H29ClIN5. The molecule has 2 N–H and O–H groups in total. The third-order valence-corrected chi connectivity index (χ3v) is 4.90. The van der Waals surface area contributed by atoms with Crippen LogP contribution in [0.4, 0.5) is 0 Å². The van der Waals surface area contributed by atoms with Crippen molar-refractivity contribution in [3.63, 3.8) is 0 Å². The van der Waals surface area contributed by atoms with Gasteiger partial charge in [0.1, 0.15) is 0 Å². The number of aliphatic imine (C=N–C) groups is 1. The molecular weight excluding hydrogens is 473 g/mol. The fourth-order valence-corrected chi connectivity index (χ4v) is 3.30. The van der Waals surface area contributed by atoms with Crippen molar-refractivity contribution < 1.29 is 0 Å². The second-order valence-electron chi connectivity index (χ2n) is 7.08. The van der Waals surface area contributed by atoms with E-state index in [4.69, 9.17) is 21.7 Å². The van der Waals surface area contributed by atoms with Crippen LogP contribution in [0.1, 0.15) is 50.1 Å². The van der Waals surface area contributed by atoms with Gasteiger partial charge in [0.2, 0.25) is 0 Å². The first kappa shape index (κ1) is 22.0. The van der Waals surface area contributed by atoms with E-state index in [1.165, 1.54) is 11.3 Å². The van der Waals surface area contributed by atoms with Crippen LogP contribution in [0.5, 0.6) is 0 Å². The van der Waals surface area contributed by atoms with E-state index in [0.29, 0.717) is 18.6 Å². The Balaban J connectivity index is 0.00000261. The van der Waals surface area contributed by atoms with Gasteiger partial charge in [0.05, 0.1) is 12.2 Å². The standard InChI is InChI=1S/C20H28ClN5.HI/c1-4-22-20(23-12-15-5-8-17(21)9-6-15)24-18-10-7-16-13-26(14(2)3)25-19(16)11-18;/h5-6,8-9,13-14,18H,4,7,10-12H2,1-3H3,(H2,22,23,24);1H. The topological polar surface area (TPSA) is 54.2 Å². The number of fused-ring (bicyclic) bond motifs is 1. The Morgan fingerprint density at radius 1 is 1.33 bits per heavy atom. The van der Waals surface area contributed by atoms with Gasteiger partial charge >= 0.3 is 0 Å². The molecule has 1 aromatic heterocycles. The van der Waals surface area contributed by atoms with Crippen LogP contribution in [-0.4, -0.2) is 28.3 Å². The van der Waals surface area contributed by atoms with E-state index in [1.54, 1.807) is 0 Å². The molecule has 0 aliphatic heterocycles. The summed E-state index contributed by atoms with van der Waals surface area (Å²) in [4.78, 5) is 4.72. The summed E-state index contributed by atoms with van der Waals surface area (Å²) >= 11 is 5.95. The molecule has 1 aliphatic rings. The average molecular weight is 502 g/mol. The van der Waals surface area contributed by atoms with Crippen molar-refractivity contribution in [3.05, 3.63) is 52.3 Å². The van der Waals surface area contributed by atoms with Crippen molar-refractivity contribution in [2.24, 2.45) is 4.99 Å². The first-order valence-electron chi connectivity index (χ1n) is 9.41. The second kappa shape index (κ2) is 10.3. The fourth-order valence-electron chi connectivity index (χ4n) is 3.17. The van der Waals surface area contributed by atoms with Crippen LogP contribution in [0.2, 0.25) is 5.02 Å². The number of benzene rings is 1. The van der Waals surface area contributed by atoms with Crippen molar-refractivity contribution in [2.45, 2.75) is 58.7 Å². The zero-order valence-corrected chi connectivity index (χ0v) is 19.3. The summed E-state index contributed by atoms with van der Waals surface area (Å²) in [6, 6.07) is 8.61. The van der Waals surface area contributed by atoms with Crippen LogP contribution in [0.3, 0.4) is 0 Å². The minimum atomic E-state index is 0.